The summed E-state index contributed by atoms with van der Waals surface area (Å²) in [5.74, 6) is -0.996. The van der Waals surface area contributed by atoms with Gasteiger partial charge >= 0.3 is 5.97 Å². The number of phenols is 1. The summed E-state index contributed by atoms with van der Waals surface area (Å²) < 4.78 is 5.38. The molecule has 1 aromatic rings. The minimum Gasteiger partial charge on any atom is -0.507 e. The quantitative estimate of drug-likeness (QED) is 0.447. The molecule has 1 N–H and O–H groups in total. The van der Waals surface area contributed by atoms with Crippen molar-refractivity contribution in [3.8, 4) is 5.75 Å². The summed E-state index contributed by atoms with van der Waals surface area (Å²) in [5, 5.41) is 8.97. The van der Waals surface area contributed by atoms with E-state index in [9.17, 15) is 19.5 Å². The Balaban J connectivity index is 2.18. The number of carbonyl (C=O) groups excluding carboxylic acids is 3. The molecule has 1 aliphatic rings. The van der Waals surface area contributed by atoms with Gasteiger partial charge in [-0.2, -0.15) is 0 Å². The highest BCUT2D eigenvalue weighted by atomic mass is 127. The van der Waals surface area contributed by atoms with Crippen LogP contribution in [0, 0.1) is 3.57 Å². The molecule has 1 aromatic carbocycles. The molecule has 1 aliphatic heterocycles. The van der Waals surface area contributed by atoms with Gasteiger partial charge in [-0.3, -0.25) is 19.3 Å². The lowest BCUT2D eigenvalue weighted by molar-refractivity contribution is -0.145. The molecule has 0 saturated carbocycles. The van der Waals surface area contributed by atoms with Crippen LogP contribution in [0.1, 0.15) is 12.5 Å². The monoisotopic (exact) mass is 433 g/mol. The van der Waals surface area contributed by atoms with E-state index in [4.69, 9.17) is 4.74 Å². The van der Waals surface area contributed by atoms with Crippen LogP contribution in [0.2, 0.25) is 0 Å². The smallest absolute Gasteiger partial charge is 0.326 e. The molecule has 116 valence electrons. The average Bonchev–Trinajstić information content (AvgIpc) is 2.71. The lowest BCUT2D eigenvalue weighted by Gasteiger charge is -2.10. The number of phenolic OH excluding ortho intramolecular Hbond substituents is 1. The molecule has 1 heterocycles. The standard InChI is InChI=1S/C14H12INO5S/c1-2-21-12(18)7-16-13(19)11(22-14(16)20)6-8-3-4-10(17)9(15)5-8/h3-6,17H,2,7H2,1H3. The number of amides is 2. The van der Waals surface area contributed by atoms with E-state index in [1.165, 1.54) is 6.07 Å². The van der Waals surface area contributed by atoms with Gasteiger partial charge in [0.05, 0.1) is 15.1 Å². The van der Waals surface area contributed by atoms with Crippen molar-refractivity contribution < 1.29 is 24.2 Å². The first-order valence-electron chi connectivity index (χ1n) is 6.32. The molecule has 1 fully saturated rings. The highest BCUT2D eigenvalue weighted by Crippen LogP contribution is 2.32. The maximum absolute atomic E-state index is 12.2. The van der Waals surface area contributed by atoms with Crippen LogP contribution < -0.4 is 0 Å². The first kappa shape index (κ1) is 16.8. The van der Waals surface area contributed by atoms with E-state index in [0.717, 1.165) is 16.7 Å². The van der Waals surface area contributed by atoms with Crippen molar-refractivity contribution in [2.75, 3.05) is 13.2 Å². The summed E-state index contributed by atoms with van der Waals surface area (Å²) in [6.45, 7) is 1.46. The number of ether oxygens (including phenoxy) is 1. The van der Waals surface area contributed by atoms with Gasteiger partial charge < -0.3 is 9.84 Å². The third-order valence-electron chi connectivity index (χ3n) is 2.74. The summed E-state index contributed by atoms with van der Waals surface area (Å²) in [7, 11) is 0. The zero-order valence-corrected chi connectivity index (χ0v) is 14.5. The molecule has 0 aromatic heterocycles. The van der Waals surface area contributed by atoms with E-state index in [1.54, 1.807) is 25.1 Å². The number of imide groups is 1. The summed E-state index contributed by atoms with van der Waals surface area (Å²) in [6, 6.07) is 4.84. The third kappa shape index (κ3) is 3.80. The Kier molecular flexibility index (Phi) is 5.46. The van der Waals surface area contributed by atoms with Crippen LogP contribution in [0.15, 0.2) is 23.1 Å². The van der Waals surface area contributed by atoms with Crippen molar-refractivity contribution in [3.63, 3.8) is 0 Å². The maximum Gasteiger partial charge on any atom is 0.326 e. The predicted octanol–water partition coefficient (Wildman–Crippen LogP) is 2.60. The molecule has 0 atom stereocenters. The minimum absolute atomic E-state index is 0.146. The van der Waals surface area contributed by atoms with Crippen molar-refractivity contribution in [2.45, 2.75) is 6.92 Å². The van der Waals surface area contributed by atoms with Gasteiger partial charge in [0.1, 0.15) is 12.3 Å². The van der Waals surface area contributed by atoms with Gasteiger partial charge in [0, 0.05) is 0 Å². The Bertz CT molecular complexity index is 673. The van der Waals surface area contributed by atoms with E-state index in [-0.39, 0.29) is 23.8 Å². The Hall–Kier alpha value is -1.55. The molecule has 2 amide bonds. The molecule has 0 radical (unpaired) electrons. The number of nitrogens with zero attached hydrogens (tertiary/aromatic N) is 1. The number of aromatic hydroxyl groups is 1. The van der Waals surface area contributed by atoms with Gasteiger partial charge in [-0.25, -0.2) is 0 Å². The van der Waals surface area contributed by atoms with Crippen LogP contribution in [0.4, 0.5) is 4.79 Å². The molecule has 1 saturated heterocycles. The van der Waals surface area contributed by atoms with E-state index >= 15 is 0 Å². The lowest BCUT2D eigenvalue weighted by atomic mass is 10.2. The summed E-state index contributed by atoms with van der Waals surface area (Å²) in [6.07, 6.45) is 1.55. The summed E-state index contributed by atoms with van der Waals surface area (Å²) in [5.41, 5.74) is 0.684. The first-order chi connectivity index (χ1) is 10.4. The molecule has 0 unspecified atom stereocenters. The van der Waals surface area contributed by atoms with Crippen LogP contribution in [-0.4, -0.2) is 40.3 Å². The van der Waals surface area contributed by atoms with Crippen LogP contribution >= 0.6 is 34.4 Å². The van der Waals surface area contributed by atoms with Crippen LogP contribution in [0.5, 0.6) is 5.75 Å². The molecule has 6 nitrogen and oxygen atoms in total. The van der Waals surface area contributed by atoms with E-state index in [1.807, 2.05) is 22.6 Å². The number of benzene rings is 1. The Labute approximate surface area is 144 Å². The zero-order chi connectivity index (χ0) is 16.3. The molecule has 0 aliphatic carbocycles. The van der Waals surface area contributed by atoms with Crippen LogP contribution in [-0.2, 0) is 14.3 Å². The second kappa shape index (κ2) is 7.14. The number of thioether (sulfide) groups is 1. The van der Waals surface area contributed by atoms with Crippen molar-refractivity contribution >= 4 is 57.5 Å². The number of carbonyl (C=O) groups is 3. The molecule has 2 rings (SSSR count). The fourth-order valence-corrected chi connectivity index (χ4v) is 3.11. The van der Waals surface area contributed by atoms with Gasteiger partial charge in [0.25, 0.3) is 11.1 Å². The SMILES string of the molecule is CCOC(=O)CN1C(=O)SC(=Cc2ccc(O)c(I)c2)C1=O. The molecule has 0 spiro atoms. The van der Waals surface area contributed by atoms with E-state index in [0.29, 0.717) is 9.13 Å². The Morgan fingerprint density at radius 1 is 1.45 bits per heavy atom. The Morgan fingerprint density at radius 3 is 2.82 bits per heavy atom. The number of hydrogen-bond acceptors (Lipinski definition) is 6. The van der Waals surface area contributed by atoms with Crippen LogP contribution in [0.25, 0.3) is 6.08 Å². The second-order valence-electron chi connectivity index (χ2n) is 4.28. The lowest BCUT2D eigenvalue weighted by Crippen LogP contribution is -2.34. The normalized spacial score (nSPS) is 16.5. The van der Waals surface area contributed by atoms with Crippen molar-refractivity contribution in [2.24, 2.45) is 0 Å². The zero-order valence-electron chi connectivity index (χ0n) is 11.5. The summed E-state index contributed by atoms with van der Waals surface area (Å²) >= 11 is 2.74. The fraction of sp³-hybridized carbons (Fsp3) is 0.214. The number of esters is 1. The van der Waals surface area contributed by atoms with Crippen LogP contribution in [0.3, 0.4) is 0 Å². The highest BCUT2D eigenvalue weighted by Gasteiger charge is 2.36. The fourth-order valence-electron chi connectivity index (χ4n) is 1.74. The number of hydrogen-bond donors (Lipinski definition) is 1. The average molecular weight is 433 g/mol. The first-order valence-corrected chi connectivity index (χ1v) is 8.21. The van der Waals surface area contributed by atoms with Crippen molar-refractivity contribution in [1.29, 1.82) is 0 Å². The number of halogens is 1. The number of rotatable bonds is 4. The molecular weight excluding hydrogens is 421 g/mol. The Morgan fingerprint density at radius 2 is 2.18 bits per heavy atom. The molecule has 8 heteroatoms. The second-order valence-corrected chi connectivity index (χ2v) is 6.44. The van der Waals surface area contributed by atoms with Crippen molar-refractivity contribution in [1.82, 2.24) is 4.90 Å². The van der Waals surface area contributed by atoms with Gasteiger partial charge in [-0.15, -0.1) is 0 Å². The van der Waals surface area contributed by atoms with Gasteiger partial charge in [0.15, 0.2) is 0 Å². The van der Waals surface area contributed by atoms with Gasteiger partial charge in [-0.05, 0) is 65.0 Å². The van der Waals surface area contributed by atoms with E-state index in [2.05, 4.69) is 0 Å². The molecule has 22 heavy (non-hydrogen) atoms. The highest BCUT2D eigenvalue weighted by molar-refractivity contribution is 14.1. The van der Waals surface area contributed by atoms with E-state index < -0.39 is 17.1 Å². The largest absolute Gasteiger partial charge is 0.507 e. The molecule has 0 bridgehead atoms. The van der Waals surface area contributed by atoms with Crippen molar-refractivity contribution in [3.05, 3.63) is 32.2 Å². The molecular formula is C14H12INO5S. The topological polar surface area (TPSA) is 83.9 Å². The summed E-state index contributed by atoms with van der Waals surface area (Å²) in [4.78, 5) is 36.5. The van der Waals surface area contributed by atoms with Gasteiger partial charge in [0.2, 0.25) is 0 Å². The predicted molar refractivity (Wildman–Crippen MR) is 90.1 cm³/mol. The minimum atomic E-state index is -0.620. The van der Waals surface area contributed by atoms with Gasteiger partial charge in [-0.1, -0.05) is 6.07 Å². The maximum atomic E-state index is 12.2. The third-order valence-corrected chi connectivity index (χ3v) is 4.51.